The molecule has 3 aromatic rings. The summed E-state index contributed by atoms with van der Waals surface area (Å²) in [6, 6.07) is 20.4. The first-order valence-corrected chi connectivity index (χ1v) is 10.1. The summed E-state index contributed by atoms with van der Waals surface area (Å²) in [6.45, 7) is 1.47. The molecule has 0 unspecified atom stereocenters. The molecular formula is C23H22FNO2S. The van der Waals surface area contributed by atoms with Crippen molar-refractivity contribution in [2.45, 2.75) is 23.1 Å². The average Bonchev–Trinajstić information content (AvgIpc) is 2.87. The fourth-order valence-electron chi connectivity index (χ4n) is 3.58. The van der Waals surface area contributed by atoms with Crippen molar-refractivity contribution in [2.24, 2.45) is 0 Å². The highest BCUT2D eigenvalue weighted by Gasteiger charge is 2.25. The summed E-state index contributed by atoms with van der Waals surface area (Å²) in [5.74, 6) is 0.893. The van der Waals surface area contributed by atoms with Gasteiger partial charge in [-0.15, -0.1) is 11.8 Å². The molecule has 5 heteroatoms. The molecule has 0 spiro atoms. The summed E-state index contributed by atoms with van der Waals surface area (Å²) in [5, 5.41) is 9.83. The van der Waals surface area contributed by atoms with Crippen molar-refractivity contribution < 1.29 is 14.2 Å². The summed E-state index contributed by atoms with van der Waals surface area (Å²) in [5.41, 5.74) is 2.88. The average molecular weight is 395 g/mol. The minimum absolute atomic E-state index is 0.0289. The lowest BCUT2D eigenvalue weighted by molar-refractivity contribution is 0.413. The minimum atomic E-state index is -0.161. The van der Waals surface area contributed by atoms with E-state index in [2.05, 4.69) is 11.0 Å². The molecule has 0 bridgehead atoms. The van der Waals surface area contributed by atoms with E-state index in [9.17, 15) is 9.50 Å². The number of anilines is 1. The molecular weight excluding hydrogens is 373 g/mol. The van der Waals surface area contributed by atoms with Gasteiger partial charge < -0.3 is 14.7 Å². The third-order valence-electron chi connectivity index (χ3n) is 4.97. The van der Waals surface area contributed by atoms with Gasteiger partial charge in [0.25, 0.3) is 0 Å². The Hall–Kier alpha value is -2.66. The lowest BCUT2D eigenvalue weighted by Gasteiger charge is -2.25. The molecule has 144 valence electrons. The van der Waals surface area contributed by atoms with Crippen LogP contribution in [0.15, 0.2) is 71.6 Å². The number of ether oxygens (including phenoxy) is 1. The Labute approximate surface area is 168 Å². The van der Waals surface area contributed by atoms with E-state index in [1.54, 1.807) is 37.1 Å². The van der Waals surface area contributed by atoms with Gasteiger partial charge in [0.15, 0.2) is 0 Å². The highest BCUT2D eigenvalue weighted by atomic mass is 32.2. The van der Waals surface area contributed by atoms with Crippen LogP contribution in [0.3, 0.4) is 0 Å². The summed E-state index contributed by atoms with van der Waals surface area (Å²) in [6.07, 6.45) is 0.821. The molecule has 3 nitrogen and oxygen atoms in total. The molecule has 1 heterocycles. The van der Waals surface area contributed by atoms with Crippen molar-refractivity contribution in [2.75, 3.05) is 18.6 Å². The van der Waals surface area contributed by atoms with E-state index in [0.29, 0.717) is 6.54 Å². The highest BCUT2D eigenvalue weighted by Crippen LogP contribution is 2.47. The van der Waals surface area contributed by atoms with Crippen LogP contribution in [-0.2, 0) is 6.54 Å². The van der Waals surface area contributed by atoms with E-state index >= 15 is 0 Å². The molecule has 0 saturated heterocycles. The number of aromatic hydroxyl groups is 1. The molecule has 1 N–H and O–H groups in total. The SMILES string of the molecule is COc1ccc2c(c1)S[C@H](c1ccccc1F)CCN2Cc1cccc(O)c1. The van der Waals surface area contributed by atoms with Gasteiger partial charge in [0.2, 0.25) is 0 Å². The van der Waals surface area contributed by atoms with Gasteiger partial charge in [0, 0.05) is 28.8 Å². The van der Waals surface area contributed by atoms with E-state index in [4.69, 9.17) is 4.74 Å². The predicted octanol–water partition coefficient (Wildman–Crippen LogP) is 5.78. The Balaban J connectivity index is 1.70. The van der Waals surface area contributed by atoms with Crippen LogP contribution < -0.4 is 9.64 Å². The topological polar surface area (TPSA) is 32.7 Å². The Kier molecular flexibility index (Phi) is 5.44. The van der Waals surface area contributed by atoms with Crippen LogP contribution in [0.5, 0.6) is 11.5 Å². The van der Waals surface area contributed by atoms with Gasteiger partial charge in [-0.2, -0.15) is 0 Å². The van der Waals surface area contributed by atoms with E-state index < -0.39 is 0 Å². The molecule has 0 saturated carbocycles. The number of hydrogen-bond acceptors (Lipinski definition) is 4. The third kappa shape index (κ3) is 3.94. The minimum Gasteiger partial charge on any atom is -0.508 e. The zero-order chi connectivity index (χ0) is 19.5. The number of nitrogens with zero attached hydrogens (tertiary/aromatic N) is 1. The van der Waals surface area contributed by atoms with Crippen LogP contribution in [0, 0.1) is 5.82 Å². The highest BCUT2D eigenvalue weighted by molar-refractivity contribution is 7.99. The first-order chi connectivity index (χ1) is 13.6. The van der Waals surface area contributed by atoms with Gasteiger partial charge in [-0.3, -0.25) is 0 Å². The Morgan fingerprint density at radius 2 is 1.96 bits per heavy atom. The molecule has 1 aliphatic rings. The second-order valence-electron chi connectivity index (χ2n) is 6.84. The fourth-order valence-corrected chi connectivity index (χ4v) is 4.93. The third-order valence-corrected chi connectivity index (χ3v) is 6.33. The second-order valence-corrected chi connectivity index (χ2v) is 8.09. The number of phenolic OH excluding ortho intramolecular Hbond substituents is 1. The van der Waals surface area contributed by atoms with Crippen LogP contribution in [0.25, 0.3) is 0 Å². The zero-order valence-corrected chi connectivity index (χ0v) is 16.5. The van der Waals surface area contributed by atoms with Crippen molar-refractivity contribution in [1.82, 2.24) is 0 Å². The molecule has 0 radical (unpaired) electrons. The molecule has 4 rings (SSSR count). The molecule has 0 fully saturated rings. The summed E-state index contributed by atoms with van der Waals surface area (Å²) in [7, 11) is 1.65. The van der Waals surface area contributed by atoms with Crippen LogP contribution in [0.4, 0.5) is 10.1 Å². The Morgan fingerprint density at radius 1 is 1.11 bits per heavy atom. The molecule has 0 aromatic heterocycles. The maximum atomic E-state index is 14.4. The van der Waals surface area contributed by atoms with E-state index in [-0.39, 0.29) is 16.8 Å². The molecule has 3 aromatic carbocycles. The van der Waals surface area contributed by atoms with Crippen LogP contribution in [0.1, 0.15) is 22.8 Å². The molecule has 0 amide bonds. The van der Waals surface area contributed by atoms with Gasteiger partial charge in [0.05, 0.1) is 12.8 Å². The number of phenols is 1. The van der Waals surface area contributed by atoms with Crippen molar-refractivity contribution in [1.29, 1.82) is 0 Å². The number of hydrogen-bond donors (Lipinski definition) is 1. The monoisotopic (exact) mass is 395 g/mol. The van der Waals surface area contributed by atoms with Crippen LogP contribution in [0.2, 0.25) is 0 Å². The van der Waals surface area contributed by atoms with E-state index in [1.807, 2.05) is 36.4 Å². The lowest BCUT2D eigenvalue weighted by Crippen LogP contribution is -2.24. The van der Waals surface area contributed by atoms with Gasteiger partial charge in [-0.05, 0) is 48.4 Å². The van der Waals surface area contributed by atoms with E-state index in [0.717, 1.165) is 40.4 Å². The Bertz CT molecular complexity index is 978. The van der Waals surface area contributed by atoms with Gasteiger partial charge >= 0.3 is 0 Å². The number of thioether (sulfide) groups is 1. The lowest BCUT2D eigenvalue weighted by atomic mass is 10.1. The summed E-state index contributed by atoms with van der Waals surface area (Å²) in [4.78, 5) is 3.36. The summed E-state index contributed by atoms with van der Waals surface area (Å²) < 4.78 is 19.9. The normalized spacial score (nSPS) is 16.4. The largest absolute Gasteiger partial charge is 0.508 e. The summed E-state index contributed by atoms with van der Waals surface area (Å²) >= 11 is 1.68. The first-order valence-electron chi connectivity index (χ1n) is 9.26. The maximum absolute atomic E-state index is 14.4. The standard InChI is InChI=1S/C23H22FNO2S/c1-27-18-9-10-21-23(14-18)28-22(19-7-2-3-8-20(19)24)11-12-25(21)15-16-5-4-6-17(26)13-16/h2-10,13-14,22,26H,11-12,15H2,1H3/t22-/m0/s1. The van der Waals surface area contributed by atoms with Gasteiger partial charge in [-0.25, -0.2) is 4.39 Å². The number of methoxy groups -OCH3 is 1. The van der Waals surface area contributed by atoms with Crippen LogP contribution >= 0.6 is 11.8 Å². The Morgan fingerprint density at radius 3 is 2.75 bits per heavy atom. The van der Waals surface area contributed by atoms with Crippen molar-refractivity contribution in [3.05, 3.63) is 83.7 Å². The molecule has 0 aliphatic carbocycles. The molecule has 1 atom stereocenters. The van der Waals surface area contributed by atoms with Gasteiger partial charge in [-0.1, -0.05) is 30.3 Å². The van der Waals surface area contributed by atoms with Crippen LogP contribution in [-0.4, -0.2) is 18.8 Å². The second kappa shape index (κ2) is 8.15. The quantitative estimate of drug-likeness (QED) is 0.607. The predicted molar refractivity (Wildman–Crippen MR) is 112 cm³/mol. The van der Waals surface area contributed by atoms with Crippen molar-refractivity contribution in [3.8, 4) is 11.5 Å². The number of halogens is 1. The zero-order valence-electron chi connectivity index (χ0n) is 15.6. The maximum Gasteiger partial charge on any atom is 0.127 e. The molecule has 1 aliphatic heterocycles. The van der Waals surface area contributed by atoms with E-state index in [1.165, 1.54) is 6.07 Å². The first kappa shape index (κ1) is 18.7. The smallest absolute Gasteiger partial charge is 0.127 e. The molecule has 28 heavy (non-hydrogen) atoms. The van der Waals surface area contributed by atoms with Crippen molar-refractivity contribution in [3.63, 3.8) is 0 Å². The number of fused-ring (bicyclic) bond motifs is 1. The van der Waals surface area contributed by atoms with Crippen molar-refractivity contribution >= 4 is 17.4 Å². The number of rotatable bonds is 4. The fraction of sp³-hybridized carbons (Fsp3) is 0.217. The van der Waals surface area contributed by atoms with Gasteiger partial charge in [0.1, 0.15) is 17.3 Å². The number of benzene rings is 3.